The number of rotatable bonds is 2. The lowest BCUT2D eigenvalue weighted by atomic mass is 9.93. The number of sulfonamides is 1. The summed E-state index contributed by atoms with van der Waals surface area (Å²) in [5, 5.41) is 5.72. The van der Waals surface area contributed by atoms with Gasteiger partial charge < -0.3 is 9.32 Å². The Morgan fingerprint density at radius 1 is 1.32 bits per heavy atom. The van der Waals surface area contributed by atoms with Crippen molar-refractivity contribution >= 4 is 39.1 Å². The SMILES string of the molecule is Cc1oc(S(N)(=O)=O)cc1C(=O)N1CCc2c(Cl)cc(Cl)cc2C1C. The highest BCUT2D eigenvalue weighted by molar-refractivity contribution is 7.89. The fourth-order valence-electron chi connectivity index (χ4n) is 3.09. The molecule has 1 amide bonds. The fourth-order valence-corrected chi connectivity index (χ4v) is 4.22. The molecule has 0 bridgehead atoms. The number of nitrogens with zero attached hydrogens (tertiary/aromatic N) is 1. The van der Waals surface area contributed by atoms with Gasteiger partial charge >= 0.3 is 0 Å². The number of fused-ring (bicyclic) bond motifs is 1. The Labute approximate surface area is 155 Å². The van der Waals surface area contributed by atoms with Crippen LogP contribution in [0.5, 0.6) is 0 Å². The maximum absolute atomic E-state index is 12.9. The molecule has 0 fully saturated rings. The van der Waals surface area contributed by atoms with Gasteiger partial charge in [0.2, 0.25) is 5.09 Å². The Bertz CT molecular complexity index is 969. The lowest BCUT2D eigenvalue weighted by molar-refractivity contribution is 0.0676. The number of hydrogen-bond acceptors (Lipinski definition) is 4. The summed E-state index contributed by atoms with van der Waals surface area (Å²) in [4.78, 5) is 14.6. The average Bonchev–Trinajstić information content (AvgIpc) is 2.90. The minimum atomic E-state index is -4.01. The molecule has 0 spiro atoms. The van der Waals surface area contributed by atoms with Crippen LogP contribution in [-0.2, 0) is 16.4 Å². The Morgan fingerprint density at radius 2 is 2.00 bits per heavy atom. The second-order valence-corrected chi connectivity index (χ2v) is 8.30. The quantitative estimate of drug-likeness (QED) is 0.833. The van der Waals surface area contributed by atoms with Gasteiger partial charge in [0.05, 0.1) is 11.6 Å². The van der Waals surface area contributed by atoms with E-state index in [0.717, 1.165) is 11.1 Å². The molecule has 2 heterocycles. The van der Waals surface area contributed by atoms with Crippen LogP contribution in [0, 0.1) is 6.92 Å². The predicted octanol–water partition coefficient (Wildman–Crippen LogP) is 3.30. The van der Waals surface area contributed by atoms with Crippen LogP contribution in [0.2, 0.25) is 10.0 Å². The zero-order chi connectivity index (χ0) is 18.5. The Kier molecular flexibility index (Phi) is 4.61. The first kappa shape index (κ1) is 18.3. The first-order valence-corrected chi connectivity index (χ1v) is 9.82. The molecule has 1 aliphatic heterocycles. The summed E-state index contributed by atoms with van der Waals surface area (Å²) >= 11 is 12.3. The van der Waals surface area contributed by atoms with E-state index in [1.807, 2.05) is 6.92 Å². The first-order valence-electron chi connectivity index (χ1n) is 7.51. The largest absolute Gasteiger partial charge is 0.448 e. The smallest absolute Gasteiger partial charge is 0.271 e. The summed E-state index contributed by atoms with van der Waals surface area (Å²) in [7, 11) is -4.01. The van der Waals surface area contributed by atoms with Gasteiger partial charge in [-0.25, -0.2) is 13.6 Å². The second kappa shape index (κ2) is 6.32. The van der Waals surface area contributed by atoms with E-state index < -0.39 is 15.1 Å². The Morgan fingerprint density at radius 3 is 2.60 bits per heavy atom. The first-order chi connectivity index (χ1) is 11.6. The minimum absolute atomic E-state index is 0.174. The van der Waals surface area contributed by atoms with Crippen LogP contribution in [0.25, 0.3) is 0 Å². The molecular formula is C16H16Cl2N2O4S. The number of benzene rings is 1. The highest BCUT2D eigenvalue weighted by atomic mass is 35.5. The van der Waals surface area contributed by atoms with Gasteiger partial charge in [-0.1, -0.05) is 23.2 Å². The molecule has 2 aromatic rings. The van der Waals surface area contributed by atoms with Crippen molar-refractivity contribution in [3.63, 3.8) is 0 Å². The van der Waals surface area contributed by atoms with Crippen LogP contribution in [0.4, 0.5) is 0 Å². The van der Waals surface area contributed by atoms with Crippen LogP contribution >= 0.6 is 23.2 Å². The number of carbonyl (C=O) groups excluding carboxylic acids is 1. The van der Waals surface area contributed by atoms with E-state index in [2.05, 4.69) is 0 Å². The van der Waals surface area contributed by atoms with Gasteiger partial charge in [-0.3, -0.25) is 4.79 Å². The third-order valence-corrected chi connectivity index (χ3v) is 5.70. The van der Waals surface area contributed by atoms with Gasteiger partial charge in [-0.05, 0) is 43.5 Å². The topological polar surface area (TPSA) is 93.6 Å². The number of nitrogens with two attached hydrogens (primary N) is 1. The van der Waals surface area contributed by atoms with E-state index in [0.29, 0.717) is 23.0 Å². The molecule has 1 aromatic carbocycles. The highest BCUT2D eigenvalue weighted by Gasteiger charge is 2.32. The van der Waals surface area contributed by atoms with Gasteiger partial charge in [0.25, 0.3) is 15.9 Å². The van der Waals surface area contributed by atoms with Crippen LogP contribution in [0.3, 0.4) is 0 Å². The van der Waals surface area contributed by atoms with Crippen LogP contribution in [0.15, 0.2) is 27.7 Å². The standard InChI is InChI=1S/C16H16Cl2N2O4S/c1-8-12-5-10(17)6-14(18)11(12)3-4-20(8)16(21)13-7-15(24-9(13)2)25(19,22)23/h5-8H,3-4H2,1-2H3,(H2,19,22,23). The molecule has 0 aliphatic carbocycles. The number of halogens is 2. The summed E-state index contributed by atoms with van der Waals surface area (Å²) in [6.07, 6.45) is 0.584. The molecule has 134 valence electrons. The van der Waals surface area contributed by atoms with Crippen molar-refractivity contribution in [1.29, 1.82) is 0 Å². The highest BCUT2D eigenvalue weighted by Crippen LogP contribution is 2.37. The van der Waals surface area contributed by atoms with Gasteiger partial charge in [0, 0.05) is 22.7 Å². The number of furan rings is 1. The molecule has 2 N–H and O–H groups in total. The van der Waals surface area contributed by atoms with Gasteiger partial charge in [-0.15, -0.1) is 0 Å². The number of aryl methyl sites for hydroxylation is 1. The zero-order valence-corrected chi connectivity index (χ0v) is 15.9. The monoisotopic (exact) mass is 402 g/mol. The molecular weight excluding hydrogens is 387 g/mol. The van der Waals surface area contributed by atoms with Crippen molar-refractivity contribution in [2.75, 3.05) is 6.54 Å². The summed E-state index contributed by atoms with van der Waals surface area (Å²) in [6.45, 7) is 3.85. The van der Waals surface area contributed by atoms with Crippen molar-refractivity contribution in [3.8, 4) is 0 Å². The third kappa shape index (κ3) is 3.29. The van der Waals surface area contributed by atoms with Crippen molar-refractivity contribution in [2.45, 2.75) is 31.4 Å². The normalized spacial score (nSPS) is 17.5. The van der Waals surface area contributed by atoms with Crippen molar-refractivity contribution < 1.29 is 17.6 Å². The Hall–Kier alpha value is -1.54. The van der Waals surface area contributed by atoms with Crippen molar-refractivity contribution in [1.82, 2.24) is 4.90 Å². The molecule has 25 heavy (non-hydrogen) atoms. The molecule has 1 atom stereocenters. The number of amides is 1. The molecule has 6 nitrogen and oxygen atoms in total. The lowest BCUT2D eigenvalue weighted by Crippen LogP contribution is -2.39. The average molecular weight is 403 g/mol. The van der Waals surface area contributed by atoms with Crippen LogP contribution in [0.1, 0.15) is 40.2 Å². The van der Waals surface area contributed by atoms with Crippen molar-refractivity contribution in [3.05, 3.63) is 50.7 Å². The molecule has 1 unspecified atom stereocenters. The summed E-state index contributed by atoms with van der Waals surface area (Å²) in [5.41, 5.74) is 2.02. The van der Waals surface area contributed by atoms with E-state index in [1.165, 1.54) is 13.0 Å². The Balaban J connectivity index is 1.98. The summed E-state index contributed by atoms with van der Waals surface area (Å²) < 4.78 is 28.0. The second-order valence-electron chi connectivity index (χ2n) is 5.96. The van der Waals surface area contributed by atoms with Crippen molar-refractivity contribution in [2.24, 2.45) is 5.14 Å². The molecule has 1 aromatic heterocycles. The molecule has 0 radical (unpaired) electrons. The molecule has 0 saturated heterocycles. The van der Waals surface area contributed by atoms with Gasteiger partial charge in [0.1, 0.15) is 5.76 Å². The van der Waals surface area contributed by atoms with E-state index >= 15 is 0 Å². The molecule has 0 saturated carbocycles. The molecule has 9 heteroatoms. The van der Waals surface area contributed by atoms with Gasteiger partial charge in [-0.2, -0.15) is 0 Å². The van der Waals surface area contributed by atoms with E-state index in [4.69, 9.17) is 32.8 Å². The van der Waals surface area contributed by atoms with Gasteiger partial charge in [0.15, 0.2) is 0 Å². The fraction of sp³-hybridized carbons (Fsp3) is 0.312. The van der Waals surface area contributed by atoms with Crippen LogP contribution in [-0.4, -0.2) is 25.8 Å². The zero-order valence-electron chi connectivity index (χ0n) is 13.5. The number of primary sulfonamides is 1. The lowest BCUT2D eigenvalue weighted by Gasteiger charge is -2.35. The molecule has 1 aliphatic rings. The number of hydrogen-bond donors (Lipinski definition) is 1. The summed E-state index contributed by atoms with van der Waals surface area (Å²) in [6, 6.07) is 4.38. The third-order valence-electron chi connectivity index (χ3n) is 4.38. The van der Waals surface area contributed by atoms with Crippen LogP contribution < -0.4 is 5.14 Å². The summed E-state index contributed by atoms with van der Waals surface area (Å²) in [5.74, 6) is -0.124. The predicted molar refractivity (Wildman–Crippen MR) is 94.4 cm³/mol. The van der Waals surface area contributed by atoms with E-state index in [9.17, 15) is 13.2 Å². The number of carbonyl (C=O) groups is 1. The van der Waals surface area contributed by atoms with E-state index in [-0.39, 0.29) is 23.3 Å². The maximum atomic E-state index is 12.9. The maximum Gasteiger partial charge on any atom is 0.271 e. The molecule has 3 rings (SSSR count). The van der Waals surface area contributed by atoms with E-state index in [1.54, 1.807) is 17.0 Å². The minimum Gasteiger partial charge on any atom is -0.448 e.